The van der Waals surface area contributed by atoms with E-state index in [2.05, 4.69) is 94.4 Å². The van der Waals surface area contributed by atoms with Crippen molar-refractivity contribution in [3.63, 3.8) is 0 Å². The molecule has 0 amide bonds. The zero-order chi connectivity index (χ0) is 29.7. The van der Waals surface area contributed by atoms with Gasteiger partial charge in [-0.2, -0.15) is 11.1 Å². The number of benzene rings is 3. The molecule has 2 aliphatic carbocycles. The molecule has 0 aliphatic heterocycles. The Morgan fingerprint density at radius 3 is 1.21 bits per heavy atom. The van der Waals surface area contributed by atoms with Gasteiger partial charge in [-0.25, -0.2) is 5.57 Å². The van der Waals surface area contributed by atoms with Crippen molar-refractivity contribution in [1.82, 2.24) is 0 Å². The van der Waals surface area contributed by atoms with E-state index in [-0.39, 0.29) is 35.2 Å². The Morgan fingerprint density at radius 2 is 0.953 bits per heavy atom. The van der Waals surface area contributed by atoms with Gasteiger partial charge in [0.2, 0.25) is 0 Å². The van der Waals surface area contributed by atoms with Gasteiger partial charge in [-0.05, 0) is 11.1 Å². The minimum atomic E-state index is 0. The number of nitrogens with one attached hydrogen (secondary N) is 1. The zero-order valence-electron chi connectivity index (χ0n) is 27.8. The summed E-state index contributed by atoms with van der Waals surface area (Å²) in [6.45, 7) is 8.67. The molecule has 0 aromatic heterocycles. The van der Waals surface area contributed by atoms with Crippen LogP contribution < -0.4 is 5.19 Å². The summed E-state index contributed by atoms with van der Waals surface area (Å²) >= 11 is 0. The Morgan fingerprint density at radius 1 is 0.605 bits per heavy atom. The van der Waals surface area contributed by atoms with Gasteiger partial charge in [0.15, 0.2) is 0 Å². The van der Waals surface area contributed by atoms with E-state index in [0.29, 0.717) is 5.92 Å². The number of rotatable bonds is 1. The third-order valence-electron chi connectivity index (χ3n) is 8.07. The van der Waals surface area contributed by atoms with Crippen molar-refractivity contribution in [1.29, 1.82) is 0 Å². The summed E-state index contributed by atoms with van der Waals surface area (Å²) in [6, 6.07) is 31.3. The van der Waals surface area contributed by atoms with Gasteiger partial charge >= 0.3 is 21.7 Å². The molecular weight excluding hydrogens is 570 g/mol. The fourth-order valence-corrected chi connectivity index (χ4v) is 5.34. The molecule has 1 atom stereocenters. The molecule has 230 valence electrons. The van der Waals surface area contributed by atoms with Crippen LogP contribution in [0.5, 0.6) is 0 Å². The van der Waals surface area contributed by atoms with Crippen LogP contribution in [0.3, 0.4) is 0 Å². The minimum absolute atomic E-state index is 0. The van der Waals surface area contributed by atoms with Crippen molar-refractivity contribution in [2.45, 2.75) is 104 Å². The topological polar surface area (TPSA) is 23.8 Å². The molecule has 0 bridgehead atoms. The molecule has 3 aromatic carbocycles. The van der Waals surface area contributed by atoms with E-state index in [0.717, 1.165) is 12.8 Å². The van der Waals surface area contributed by atoms with Gasteiger partial charge < -0.3 is 13.2 Å². The number of hydrogen-bond acceptors (Lipinski definition) is 0. The minimum Gasteiger partial charge on any atom is -0.675 e. The molecule has 1 saturated carbocycles. The average Bonchev–Trinajstić information content (AvgIpc) is 3.22. The fourth-order valence-electron chi connectivity index (χ4n) is 5.06. The van der Waals surface area contributed by atoms with Crippen LogP contribution in [0.4, 0.5) is 0 Å². The van der Waals surface area contributed by atoms with Gasteiger partial charge in [-0.1, -0.05) is 194 Å². The summed E-state index contributed by atoms with van der Waals surface area (Å²) in [5, 5.41) is 1.35. The Kier molecular flexibility index (Phi) is 24.2. The van der Waals surface area contributed by atoms with E-state index in [9.17, 15) is 0 Å². The van der Waals surface area contributed by atoms with E-state index in [1.807, 2.05) is 40.6 Å². The van der Waals surface area contributed by atoms with Crippen LogP contribution in [0.25, 0.3) is 16.9 Å². The molecule has 2 aliphatic rings. The maximum atomic E-state index is 7.80. The summed E-state index contributed by atoms with van der Waals surface area (Å²) in [6.07, 6.45) is 18.1. The monoisotopic (exact) mass is 627 g/mol. The predicted molar refractivity (Wildman–Crippen MR) is 192 cm³/mol. The van der Waals surface area contributed by atoms with Gasteiger partial charge in [-0.15, -0.1) is 13.0 Å². The standard InChI is InChI=1S/C12H24N.C12H10.C9H13.C6H7Si.CH3.Ti/c13-12-10-8-6-4-2-1-3-5-7-9-11-12;1-3-7-11(8-4-1)12-9-5-2-6-10-12;1-6-5-7(2)9(4)8(6)3;7-6-4-2-1-3-5-6;;/h12-13H,1-11H2;1-10H;6H,1-4H3;1-5H,7H2;1H3;/q-1;;-1;;-1;+3. The predicted octanol–water partition coefficient (Wildman–Crippen LogP) is 11.2. The van der Waals surface area contributed by atoms with Gasteiger partial charge in [0.05, 0.1) is 0 Å². The van der Waals surface area contributed by atoms with E-state index in [1.54, 1.807) is 0 Å². The second kappa shape index (κ2) is 25.4. The maximum absolute atomic E-state index is 7.80. The quantitative estimate of drug-likeness (QED) is 0.189. The van der Waals surface area contributed by atoms with Gasteiger partial charge in [-0.3, -0.25) is 6.08 Å². The molecule has 43 heavy (non-hydrogen) atoms. The summed E-state index contributed by atoms with van der Waals surface area (Å²) < 4.78 is 0. The third kappa shape index (κ3) is 18.4. The van der Waals surface area contributed by atoms with E-state index in [1.165, 1.54) is 90.8 Å². The first-order valence-electron chi connectivity index (χ1n) is 15.8. The normalized spacial score (nSPS) is 17.3. The first kappa shape index (κ1) is 41.0. The van der Waals surface area contributed by atoms with Crippen molar-refractivity contribution in [2.75, 3.05) is 0 Å². The largest absolute Gasteiger partial charge is 3.00 e. The molecule has 1 fully saturated rings. The van der Waals surface area contributed by atoms with Crippen molar-refractivity contribution >= 4 is 15.4 Å². The molecule has 1 nitrogen and oxygen atoms in total. The summed E-state index contributed by atoms with van der Waals surface area (Å²) in [4.78, 5) is 0. The van der Waals surface area contributed by atoms with Crippen molar-refractivity contribution in [3.8, 4) is 11.1 Å². The van der Waals surface area contributed by atoms with E-state index < -0.39 is 0 Å². The van der Waals surface area contributed by atoms with Crippen LogP contribution in [0.15, 0.2) is 108 Å². The molecule has 3 aromatic rings. The molecule has 2 radical (unpaired) electrons. The van der Waals surface area contributed by atoms with Gasteiger partial charge in [0.25, 0.3) is 0 Å². The first-order valence-corrected chi connectivity index (χ1v) is 16.6. The second-order valence-electron chi connectivity index (χ2n) is 11.5. The average molecular weight is 628 g/mol. The third-order valence-corrected chi connectivity index (χ3v) is 8.54. The summed E-state index contributed by atoms with van der Waals surface area (Å²) in [5.74, 6) is 0.560. The first-order chi connectivity index (χ1) is 19.9. The molecule has 0 heterocycles. The van der Waals surface area contributed by atoms with Crippen LogP contribution in [0, 0.1) is 19.4 Å². The number of allylic oxidation sites excluding steroid dienone is 4. The molecule has 1 N–H and O–H groups in total. The van der Waals surface area contributed by atoms with Crippen LogP contribution >= 0.6 is 0 Å². The van der Waals surface area contributed by atoms with E-state index in [4.69, 9.17) is 5.73 Å². The SMILES string of the molecule is CC1=[C-]C(C)C(C)=C1C.[CH3-].[NH-]C1CCCCCCCCCCC1.[SiH2]c1ccccc1.[Ti+3].c1ccc(-c2ccccc2)cc1. The van der Waals surface area contributed by atoms with Gasteiger partial charge in [0.1, 0.15) is 0 Å². The number of hydrogen-bond donors (Lipinski definition) is 0. The maximum Gasteiger partial charge on any atom is 3.00 e. The van der Waals surface area contributed by atoms with Crippen LogP contribution in [0.2, 0.25) is 0 Å². The zero-order valence-corrected chi connectivity index (χ0v) is 30.8. The Hall–Kier alpha value is -1.97. The second-order valence-corrected chi connectivity index (χ2v) is 12.3. The van der Waals surface area contributed by atoms with Crippen molar-refractivity contribution in [3.05, 3.63) is 127 Å². The van der Waals surface area contributed by atoms with E-state index >= 15 is 0 Å². The molecule has 5 rings (SSSR count). The molecular formula is C40H57NSiTi. The van der Waals surface area contributed by atoms with Crippen LogP contribution in [-0.2, 0) is 21.7 Å². The molecule has 1 unspecified atom stereocenters. The Balaban J connectivity index is 0.000000551. The smallest absolute Gasteiger partial charge is 0.675 e. The van der Waals surface area contributed by atoms with Crippen molar-refractivity contribution in [2.24, 2.45) is 5.92 Å². The van der Waals surface area contributed by atoms with Gasteiger partial charge in [0, 0.05) is 10.2 Å². The van der Waals surface area contributed by atoms with Crippen LogP contribution in [-0.4, -0.2) is 16.3 Å². The molecule has 0 spiro atoms. The molecule has 3 heteroatoms. The van der Waals surface area contributed by atoms with Crippen molar-refractivity contribution < 1.29 is 21.7 Å². The summed E-state index contributed by atoms with van der Waals surface area (Å²) in [7, 11) is 1.90. The summed E-state index contributed by atoms with van der Waals surface area (Å²) in [5.41, 5.74) is 14.6. The Labute approximate surface area is 284 Å². The fraction of sp³-hybridized carbons (Fsp3) is 0.425. The molecule has 0 saturated heterocycles. The Bertz CT molecular complexity index is 1080. The van der Waals surface area contributed by atoms with Crippen LogP contribution in [0.1, 0.15) is 98.3 Å².